The molecular formula is C12H12O4S. The van der Waals surface area contributed by atoms with E-state index in [-0.39, 0.29) is 4.90 Å². The van der Waals surface area contributed by atoms with Crippen LogP contribution in [0.25, 0.3) is 0 Å². The fourth-order valence-electron chi connectivity index (χ4n) is 1.08. The third kappa shape index (κ3) is 3.93. The Hall–Kier alpha value is -1.80. The summed E-state index contributed by atoms with van der Waals surface area (Å²) in [7, 11) is -2.28. The highest BCUT2D eigenvalue weighted by Crippen LogP contribution is 2.11. The zero-order valence-corrected chi connectivity index (χ0v) is 10.4. The topological polar surface area (TPSA) is 60.4 Å². The third-order valence-electron chi connectivity index (χ3n) is 2.02. The zero-order valence-electron chi connectivity index (χ0n) is 9.56. The van der Waals surface area contributed by atoms with E-state index in [2.05, 4.69) is 16.6 Å². The number of hydrogen-bond acceptors (Lipinski definition) is 4. The number of aryl methyl sites for hydroxylation is 1. The minimum Gasteiger partial charge on any atom is -0.459 e. The van der Waals surface area contributed by atoms with Crippen molar-refractivity contribution in [3.63, 3.8) is 0 Å². The lowest BCUT2D eigenvalue weighted by atomic mass is 10.2. The van der Waals surface area contributed by atoms with Gasteiger partial charge in [0.05, 0.1) is 12.0 Å². The Morgan fingerprint density at radius 2 is 1.88 bits per heavy atom. The Morgan fingerprint density at radius 1 is 1.29 bits per heavy atom. The van der Waals surface area contributed by atoms with Crippen LogP contribution in [-0.4, -0.2) is 27.2 Å². The monoisotopic (exact) mass is 252 g/mol. The van der Waals surface area contributed by atoms with Crippen molar-refractivity contribution in [1.82, 2.24) is 0 Å². The minimum absolute atomic E-state index is 0.197. The lowest BCUT2D eigenvalue weighted by Gasteiger charge is -2.00. The summed E-state index contributed by atoms with van der Waals surface area (Å²) in [6.07, 6.45) is 0. The summed E-state index contributed by atoms with van der Waals surface area (Å²) in [5.41, 5.74) is 0.976. The van der Waals surface area contributed by atoms with Gasteiger partial charge in [-0.2, -0.15) is 0 Å². The molecule has 0 aliphatic heterocycles. The van der Waals surface area contributed by atoms with Crippen LogP contribution >= 0.6 is 0 Å². The molecule has 1 aromatic carbocycles. The van der Waals surface area contributed by atoms with Gasteiger partial charge in [0.15, 0.2) is 9.84 Å². The van der Waals surface area contributed by atoms with Crippen LogP contribution in [0, 0.1) is 18.8 Å². The van der Waals surface area contributed by atoms with Gasteiger partial charge in [0, 0.05) is 5.92 Å². The number of hydrogen-bond donors (Lipinski definition) is 0. The van der Waals surface area contributed by atoms with Crippen molar-refractivity contribution in [2.24, 2.45) is 0 Å². The maximum atomic E-state index is 11.8. The first-order valence-corrected chi connectivity index (χ1v) is 6.47. The van der Waals surface area contributed by atoms with Crippen molar-refractivity contribution in [2.75, 3.05) is 12.9 Å². The molecule has 0 atom stereocenters. The van der Waals surface area contributed by atoms with Crippen LogP contribution in [-0.2, 0) is 19.4 Å². The van der Waals surface area contributed by atoms with Gasteiger partial charge in [-0.15, -0.1) is 0 Å². The fourth-order valence-corrected chi connectivity index (χ4v) is 2.06. The SMILES string of the molecule is COC(=O)C#CCS(=O)(=O)c1ccc(C)cc1. The van der Waals surface area contributed by atoms with Crippen LogP contribution in [0.1, 0.15) is 5.56 Å². The van der Waals surface area contributed by atoms with Gasteiger partial charge >= 0.3 is 5.97 Å². The third-order valence-corrected chi connectivity index (χ3v) is 3.53. The van der Waals surface area contributed by atoms with Crippen LogP contribution in [0.4, 0.5) is 0 Å². The number of ether oxygens (including phenoxy) is 1. The molecule has 5 heteroatoms. The number of carbonyl (C=O) groups excluding carboxylic acids is 1. The first-order chi connectivity index (χ1) is 7.95. The van der Waals surface area contributed by atoms with Gasteiger partial charge in [0.1, 0.15) is 5.75 Å². The summed E-state index contributed by atoms with van der Waals surface area (Å²) in [6, 6.07) is 6.45. The zero-order chi connectivity index (χ0) is 12.9. The molecule has 0 amide bonds. The number of esters is 1. The van der Waals surface area contributed by atoms with Crippen LogP contribution < -0.4 is 0 Å². The Labute approximate surface area is 101 Å². The number of carbonyl (C=O) groups is 1. The fraction of sp³-hybridized carbons (Fsp3) is 0.250. The van der Waals surface area contributed by atoms with Gasteiger partial charge in [0.25, 0.3) is 0 Å². The van der Waals surface area contributed by atoms with E-state index in [9.17, 15) is 13.2 Å². The maximum Gasteiger partial charge on any atom is 0.384 e. The Bertz CT molecular complexity index is 559. The highest BCUT2D eigenvalue weighted by molar-refractivity contribution is 7.91. The van der Waals surface area contributed by atoms with Crippen molar-refractivity contribution in [3.05, 3.63) is 29.8 Å². The van der Waals surface area contributed by atoms with E-state index in [1.807, 2.05) is 6.92 Å². The smallest absolute Gasteiger partial charge is 0.384 e. The average molecular weight is 252 g/mol. The van der Waals surface area contributed by atoms with Crippen LogP contribution in [0.5, 0.6) is 0 Å². The quantitative estimate of drug-likeness (QED) is 0.446. The molecule has 0 fully saturated rings. The average Bonchev–Trinajstić information content (AvgIpc) is 2.29. The van der Waals surface area contributed by atoms with Crippen LogP contribution in [0.2, 0.25) is 0 Å². The number of rotatable bonds is 2. The molecule has 0 bridgehead atoms. The molecule has 0 spiro atoms. The molecule has 0 heterocycles. The normalized spacial score (nSPS) is 10.2. The second-order valence-corrected chi connectivity index (χ2v) is 5.36. The summed E-state index contributed by atoms with van der Waals surface area (Å²) in [4.78, 5) is 10.9. The van der Waals surface area contributed by atoms with E-state index in [1.165, 1.54) is 19.2 Å². The van der Waals surface area contributed by atoms with Crippen molar-refractivity contribution in [2.45, 2.75) is 11.8 Å². The molecule has 0 unspecified atom stereocenters. The van der Waals surface area contributed by atoms with Gasteiger partial charge in [-0.05, 0) is 19.1 Å². The van der Waals surface area contributed by atoms with E-state index in [0.29, 0.717) is 0 Å². The van der Waals surface area contributed by atoms with E-state index in [1.54, 1.807) is 12.1 Å². The van der Waals surface area contributed by atoms with Gasteiger partial charge in [-0.3, -0.25) is 0 Å². The second-order valence-electron chi connectivity index (χ2n) is 3.37. The lowest BCUT2D eigenvalue weighted by Crippen LogP contribution is -2.05. The van der Waals surface area contributed by atoms with E-state index < -0.39 is 21.6 Å². The molecule has 17 heavy (non-hydrogen) atoms. The van der Waals surface area contributed by atoms with Crippen molar-refractivity contribution in [1.29, 1.82) is 0 Å². The summed E-state index contributed by atoms with van der Waals surface area (Å²) in [5, 5.41) is 0. The maximum absolute atomic E-state index is 11.8. The standard InChI is InChI=1S/C12H12O4S/c1-10-5-7-11(8-6-10)17(14,15)9-3-4-12(13)16-2/h5-8H,9H2,1-2H3. The summed E-state index contributed by atoms with van der Waals surface area (Å²) in [5.74, 6) is 3.21. The van der Waals surface area contributed by atoms with Gasteiger partial charge < -0.3 is 4.74 Å². The molecular weight excluding hydrogens is 240 g/mol. The van der Waals surface area contributed by atoms with Crippen molar-refractivity contribution >= 4 is 15.8 Å². The minimum atomic E-state index is -3.46. The summed E-state index contributed by atoms with van der Waals surface area (Å²) >= 11 is 0. The van der Waals surface area contributed by atoms with Gasteiger partial charge in [-0.1, -0.05) is 23.6 Å². The molecule has 0 aromatic heterocycles. The predicted octanol–water partition coefficient (Wildman–Crippen LogP) is 0.945. The Balaban J connectivity index is 2.85. The highest BCUT2D eigenvalue weighted by Gasteiger charge is 2.12. The molecule has 0 radical (unpaired) electrons. The molecule has 0 N–H and O–H groups in total. The Kier molecular flexibility index (Phi) is 4.30. The van der Waals surface area contributed by atoms with Crippen molar-refractivity contribution in [3.8, 4) is 11.8 Å². The van der Waals surface area contributed by atoms with Gasteiger partial charge in [-0.25, -0.2) is 13.2 Å². The van der Waals surface area contributed by atoms with Crippen molar-refractivity contribution < 1.29 is 17.9 Å². The molecule has 1 rings (SSSR count). The highest BCUT2D eigenvalue weighted by atomic mass is 32.2. The molecule has 0 saturated carbocycles. The number of methoxy groups -OCH3 is 1. The van der Waals surface area contributed by atoms with Crippen LogP contribution in [0.3, 0.4) is 0 Å². The van der Waals surface area contributed by atoms with E-state index >= 15 is 0 Å². The molecule has 0 aliphatic carbocycles. The molecule has 0 saturated heterocycles. The van der Waals surface area contributed by atoms with Crippen LogP contribution in [0.15, 0.2) is 29.2 Å². The Morgan fingerprint density at radius 3 is 2.41 bits per heavy atom. The van der Waals surface area contributed by atoms with E-state index in [4.69, 9.17) is 0 Å². The molecule has 1 aromatic rings. The second kappa shape index (κ2) is 5.51. The number of benzene rings is 1. The largest absolute Gasteiger partial charge is 0.459 e. The lowest BCUT2D eigenvalue weighted by molar-refractivity contribution is -0.133. The van der Waals surface area contributed by atoms with E-state index in [0.717, 1.165) is 5.56 Å². The molecule has 0 aliphatic rings. The summed E-state index contributed by atoms with van der Waals surface area (Å²) < 4.78 is 27.8. The molecule has 4 nitrogen and oxygen atoms in total. The number of sulfone groups is 1. The first kappa shape index (κ1) is 13.3. The predicted molar refractivity (Wildman–Crippen MR) is 63.0 cm³/mol. The summed E-state index contributed by atoms with van der Waals surface area (Å²) in [6.45, 7) is 1.87. The van der Waals surface area contributed by atoms with Gasteiger partial charge in [0.2, 0.25) is 0 Å². The molecule has 90 valence electrons. The first-order valence-electron chi connectivity index (χ1n) is 4.82.